The van der Waals surface area contributed by atoms with E-state index >= 15 is 0 Å². The fourth-order valence-corrected chi connectivity index (χ4v) is 2.51. The van der Waals surface area contributed by atoms with Gasteiger partial charge >= 0.3 is 0 Å². The van der Waals surface area contributed by atoms with Crippen LogP contribution in [0.5, 0.6) is 11.5 Å². The minimum absolute atomic E-state index is 0.156. The summed E-state index contributed by atoms with van der Waals surface area (Å²) >= 11 is 0. The van der Waals surface area contributed by atoms with E-state index in [1.54, 1.807) is 6.07 Å². The maximum Gasteiger partial charge on any atom is 0.240 e. The van der Waals surface area contributed by atoms with Gasteiger partial charge in [-0.1, -0.05) is 0 Å². The summed E-state index contributed by atoms with van der Waals surface area (Å²) in [5.41, 5.74) is 0. The van der Waals surface area contributed by atoms with Crippen LogP contribution in [0.25, 0.3) is 0 Å². The van der Waals surface area contributed by atoms with Crippen LogP contribution < -0.4 is 14.2 Å². The molecule has 0 saturated carbocycles. The van der Waals surface area contributed by atoms with Crippen LogP contribution in [0.2, 0.25) is 0 Å². The van der Waals surface area contributed by atoms with Gasteiger partial charge in [0, 0.05) is 19.2 Å². The van der Waals surface area contributed by atoms with Crippen molar-refractivity contribution in [1.82, 2.24) is 9.62 Å². The molecule has 0 aliphatic heterocycles. The fourth-order valence-electron chi connectivity index (χ4n) is 1.47. The van der Waals surface area contributed by atoms with Crippen molar-refractivity contribution in [2.75, 3.05) is 41.4 Å². The standard InChI is InChI=1S/C12H20N2O4S/c1-14(2)8-7-13-19(15,16)10-5-6-11(17-3)12(9-10)18-4/h5-6,9,13H,7-8H2,1-4H3. The average molecular weight is 288 g/mol. The van der Waals surface area contributed by atoms with E-state index in [2.05, 4.69) is 4.72 Å². The number of hydrogen-bond donors (Lipinski definition) is 1. The van der Waals surface area contributed by atoms with E-state index in [0.717, 1.165) is 0 Å². The predicted octanol–water partition coefficient (Wildman–Crippen LogP) is 0.544. The Labute approximate surface area is 114 Å². The zero-order valence-corrected chi connectivity index (χ0v) is 12.5. The molecule has 1 aromatic carbocycles. The van der Waals surface area contributed by atoms with Crippen molar-refractivity contribution in [3.05, 3.63) is 18.2 Å². The summed E-state index contributed by atoms with van der Waals surface area (Å²) in [6, 6.07) is 4.50. The number of hydrogen-bond acceptors (Lipinski definition) is 5. The Hall–Kier alpha value is -1.31. The van der Waals surface area contributed by atoms with E-state index in [4.69, 9.17) is 9.47 Å². The maximum atomic E-state index is 12.1. The van der Waals surface area contributed by atoms with Crippen molar-refractivity contribution in [2.24, 2.45) is 0 Å². The average Bonchev–Trinajstić information content (AvgIpc) is 2.37. The molecule has 0 bridgehead atoms. The molecule has 0 fully saturated rings. The van der Waals surface area contributed by atoms with Gasteiger partial charge in [0.25, 0.3) is 0 Å². The fraction of sp³-hybridized carbons (Fsp3) is 0.500. The van der Waals surface area contributed by atoms with E-state index in [9.17, 15) is 8.42 Å². The molecule has 0 radical (unpaired) electrons. The summed E-state index contributed by atoms with van der Waals surface area (Å²) in [6.45, 7) is 0.982. The van der Waals surface area contributed by atoms with Crippen molar-refractivity contribution in [2.45, 2.75) is 4.90 Å². The zero-order chi connectivity index (χ0) is 14.5. The summed E-state index contributed by atoms with van der Waals surface area (Å²) in [7, 11) is 3.20. The second-order valence-corrected chi connectivity index (χ2v) is 5.98. The van der Waals surface area contributed by atoms with Gasteiger partial charge in [0.15, 0.2) is 11.5 Å². The molecule has 0 atom stereocenters. The molecule has 19 heavy (non-hydrogen) atoms. The highest BCUT2D eigenvalue weighted by Gasteiger charge is 2.16. The first-order chi connectivity index (χ1) is 8.90. The van der Waals surface area contributed by atoms with Gasteiger partial charge in [-0.2, -0.15) is 0 Å². The molecule has 0 aliphatic carbocycles. The predicted molar refractivity (Wildman–Crippen MR) is 73.3 cm³/mol. The van der Waals surface area contributed by atoms with Crippen molar-refractivity contribution in [1.29, 1.82) is 0 Å². The molecule has 108 valence electrons. The van der Waals surface area contributed by atoms with Crippen molar-refractivity contribution in [3.8, 4) is 11.5 Å². The minimum Gasteiger partial charge on any atom is -0.493 e. The Bertz CT molecular complexity index is 514. The summed E-state index contributed by atoms with van der Waals surface area (Å²) in [5, 5.41) is 0. The topological polar surface area (TPSA) is 67.9 Å². The first-order valence-electron chi connectivity index (χ1n) is 5.77. The van der Waals surface area contributed by atoms with Gasteiger partial charge in [-0.3, -0.25) is 0 Å². The van der Waals surface area contributed by atoms with E-state index in [1.807, 2.05) is 19.0 Å². The van der Waals surface area contributed by atoms with Crippen molar-refractivity contribution < 1.29 is 17.9 Å². The molecule has 0 unspecified atom stereocenters. The molecule has 1 rings (SSSR count). The first kappa shape index (κ1) is 15.7. The Balaban J connectivity index is 2.89. The maximum absolute atomic E-state index is 12.1. The van der Waals surface area contributed by atoms with Crippen LogP contribution in [-0.2, 0) is 10.0 Å². The lowest BCUT2D eigenvalue weighted by Crippen LogP contribution is -2.31. The Kier molecular flexibility index (Phi) is 5.59. The molecule has 0 aromatic heterocycles. The highest BCUT2D eigenvalue weighted by atomic mass is 32.2. The molecular weight excluding hydrogens is 268 g/mol. The van der Waals surface area contributed by atoms with Crippen molar-refractivity contribution >= 4 is 10.0 Å². The number of nitrogens with zero attached hydrogens (tertiary/aromatic N) is 1. The van der Waals surface area contributed by atoms with Gasteiger partial charge in [0.2, 0.25) is 10.0 Å². The van der Waals surface area contributed by atoms with E-state index in [1.165, 1.54) is 26.4 Å². The SMILES string of the molecule is COc1ccc(S(=O)(=O)NCCN(C)C)cc1OC. The lowest BCUT2D eigenvalue weighted by molar-refractivity contribution is 0.354. The second-order valence-electron chi connectivity index (χ2n) is 4.22. The molecular formula is C12H20N2O4S. The van der Waals surface area contributed by atoms with Gasteiger partial charge in [-0.15, -0.1) is 0 Å². The van der Waals surface area contributed by atoms with Crippen LogP contribution in [0.4, 0.5) is 0 Å². The number of nitrogens with one attached hydrogen (secondary N) is 1. The summed E-state index contributed by atoms with van der Waals surface area (Å²) < 4.78 is 36.8. The number of methoxy groups -OCH3 is 2. The summed E-state index contributed by atoms with van der Waals surface area (Å²) in [6.07, 6.45) is 0. The smallest absolute Gasteiger partial charge is 0.240 e. The number of sulfonamides is 1. The third-order valence-corrected chi connectivity index (χ3v) is 3.98. The number of likely N-dealkylation sites (N-methyl/N-ethyl adjacent to an activating group) is 1. The molecule has 0 spiro atoms. The molecule has 6 nitrogen and oxygen atoms in total. The lowest BCUT2D eigenvalue weighted by Gasteiger charge is -2.12. The number of benzene rings is 1. The first-order valence-corrected chi connectivity index (χ1v) is 7.25. The van der Waals surface area contributed by atoms with Crippen molar-refractivity contribution in [3.63, 3.8) is 0 Å². The van der Waals surface area contributed by atoms with Gasteiger partial charge in [-0.05, 0) is 26.2 Å². The van der Waals surface area contributed by atoms with Gasteiger partial charge in [0.05, 0.1) is 19.1 Å². The highest BCUT2D eigenvalue weighted by Crippen LogP contribution is 2.29. The molecule has 0 amide bonds. The third-order valence-electron chi connectivity index (χ3n) is 2.52. The minimum atomic E-state index is -3.53. The third kappa shape index (κ3) is 4.38. The van der Waals surface area contributed by atoms with E-state index in [-0.39, 0.29) is 4.90 Å². The quantitative estimate of drug-likeness (QED) is 0.793. The van der Waals surface area contributed by atoms with Crippen LogP contribution in [0.15, 0.2) is 23.1 Å². The van der Waals surface area contributed by atoms with E-state index in [0.29, 0.717) is 24.6 Å². The van der Waals surface area contributed by atoms with Crippen LogP contribution in [0.1, 0.15) is 0 Å². The van der Waals surface area contributed by atoms with Crippen LogP contribution in [0.3, 0.4) is 0 Å². The van der Waals surface area contributed by atoms with E-state index < -0.39 is 10.0 Å². The largest absolute Gasteiger partial charge is 0.493 e. The number of ether oxygens (including phenoxy) is 2. The molecule has 0 heterocycles. The molecule has 7 heteroatoms. The van der Waals surface area contributed by atoms with Crippen LogP contribution in [0, 0.1) is 0 Å². The van der Waals surface area contributed by atoms with Crippen LogP contribution >= 0.6 is 0 Å². The zero-order valence-electron chi connectivity index (χ0n) is 11.6. The number of rotatable bonds is 7. The Morgan fingerprint density at radius 3 is 2.32 bits per heavy atom. The van der Waals surface area contributed by atoms with Gasteiger partial charge in [-0.25, -0.2) is 13.1 Å². The summed E-state index contributed by atoms with van der Waals surface area (Å²) in [5.74, 6) is 0.882. The molecule has 1 N–H and O–H groups in total. The molecule has 0 aliphatic rings. The molecule has 1 aromatic rings. The van der Waals surface area contributed by atoms with Gasteiger partial charge in [0.1, 0.15) is 0 Å². The Morgan fingerprint density at radius 1 is 1.16 bits per heavy atom. The molecule has 0 saturated heterocycles. The monoisotopic (exact) mass is 288 g/mol. The normalized spacial score (nSPS) is 11.6. The Morgan fingerprint density at radius 2 is 1.79 bits per heavy atom. The second kappa shape index (κ2) is 6.74. The summed E-state index contributed by atoms with van der Waals surface area (Å²) in [4.78, 5) is 2.06. The highest BCUT2D eigenvalue weighted by molar-refractivity contribution is 7.89. The van der Waals surface area contributed by atoms with Crippen LogP contribution in [-0.4, -0.2) is 54.7 Å². The lowest BCUT2D eigenvalue weighted by atomic mass is 10.3. The van der Waals surface area contributed by atoms with Gasteiger partial charge < -0.3 is 14.4 Å².